The number of pyridine rings is 1. The van der Waals surface area contributed by atoms with E-state index >= 15 is 0 Å². The van der Waals surface area contributed by atoms with Gasteiger partial charge in [-0.1, -0.05) is 23.2 Å². The fourth-order valence-corrected chi connectivity index (χ4v) is 2.47. The summed E-state index contributed by atoms with van der Waals surface area (Å²) in [5.41, 5.74) is 8.21. The van der Waals surface area contributed by atoms with Crippen LogP contribution in [-0.4, -0.2) is 21.6 Å². The summed E-state index contributed by atoms with van der Waals surface area (Å²) in [4.78, 5) is 12.8. The largest absolute Gasteiger partial charge is 0.476 e. The summed E-state index contributed by atoms with van der Waals surface area (Å²) < 4.78 is 5.49. The fraction of sp³-hybridized carbons (Fsp3) is 0.133. The molecule has 0 bridgehead atoms. The third-order valence-corrected chi connectivity index (χ3v) is 3.58. The minimum atomic E-state index is 0.145. The summed E-state index contributed by atoms with van der Waals surface area (Å²) in [6.07, 6.45) is 0. The molecule has 5 nitrogen and oxygen atoms in total. The van der Waals surface area contributed by atoms with Gasteiger partial charge in [-0.05, 0) is 37.3 Å². The van der Waals surface area contributed by atoms with Gasteiger partial charge < -0.3 is 10.5 Å². The van der Waals surface area contributed by atoms with Crippen molar-refractivity contribution in [3.05, 3.63) is 40.4 Å². The highest BCUT2D eigenvalue weighted by molar-refractivity contribution is 6.35. The zero-order valence-electron chi connectivity index (χ0n) is 11.7. The first kappa shape index (κ1) is 14.8. The highest BCUT2D eigenvalue weighted by Gasteiger charge is 2.12. The summed E-state index contributed by atoms with van der Waals surface area (Å²) in [5.74, 6) is 0.497. The number of fused-ring (bicyclic) bond motifs is 1. The molecule has 2 aromatic heterocycles. The van der Waals surface area contributed by atoms with Crippen LogP contribution in [0.25, 0.3) is 22.3 Å². The molecule has 22 heavy (non-hydrogen) atoms. The van der Waals surface area contributed by atoms with Gasteiger partial charge in [-0.3, -0.25) is 0 Å². The molecular formula is C15H12Cl2N4O. The van der Waals surface area contributed by atoms with Crippen LogP contribution >= 0.6 is 23.2 Å². The molecule has 2 N–H and O–H groups in total. The van der Waals surface area contributed by atoms with Crippen molar-refractivity contribution in [3.8, 4) is 17.1 Å². The third kappa shape index (κ3) is 2.77. The highest BCUT2D eigenvalue weighted by atomic mass is 35.5. The molecule has 0 aliphatic rings. The van der Waals surface area contributed by atoms with Crippen LogP contribution in [0, 0.1) is 0 Å². The quantitative estimate of drug-likeness (QED) is 0.784. The second-order valence-electron chi connectivity index (χ2n) is 4.51. The molecule has 0 unspecified atom stereocenters. The average Bonchev–Trinajstić information content (AvgIpc) is 2.49. The van der Waals surface area contributed by atoms with E-state index in [0.29, 0.717) is 39.3 Å². The van der Waals surface area contributed by atoms with Crippen molar-refractivity contribution in [1.29, 1.82) is 0 Å². The van der Waals surface area contributed by atoms with E-state index < -0.39 is 0 Å². The SMILES string of the molecule is CCOc1nc(N)nc2ccc(-c3cc(Cl)ccc3Cl)nc12. The standard InChI is InChI=1S/C15H12Cl2N4O/c1-2-22-14-13-12(20-15(18)21-14)6-5-11(19-13)9-7-8(16)3-4-10(9)17/h3-7H,2H2,1H3,(H2,18,20,21). The van der Waals surface area contributed by atoms with E-state index in [1.807, 2.05) is 13.0 Å². The Hall–Kier alpha value is -2.11. The Labute approximate surface area is 137 Å². The summed E-state index contributed by atoms with van der Waals surface area (Å²) in [5, 5.41) is 1.14. The highest BCUT2D eigenvalue weighted by Crippen LogP contribution is 2.31. The number of nitrogens with zero attached hydrogens (tertiary/aromatic N) is 3. The number of aromatic nitrogens is 3. The number of hydrogen-bond donors (Lipinski definition) is 1. The third-order valence-electron chi connectivity index (χ3n) is 3.01. The molecule has 112 valence electrons. The maximum Gasteiger partial charge on any atom is 0.245 e. The molecule has 0 saturated carbocycles. The van der Waals surface area contributed by atoms with Gasteiger partial charge in [0.15, 0.2) is 5.52 Å². The van der Waals surface area contributed by atoms with Crippen molar-refractivity contribution in [3.63, 3.8) is 0 Å². The van der Waals surface area contributed by atoms with Crippen molar-refractivity contribution < 1.29 is 4.74 Å². The minimum Gasteiger partial charge on any atom is -0.476 e. The van der Waals surface area contributed by atoms with Crippen LogP contribution in [0.5, 0.6) is 5.88 Å². The van der Waals surface area contributed by atoms with E-state index in [4.69, 9.17) is 33.7 Å². The molecule has 0 spiro atoms. The first-order valence-electron chi connectivity index (χ1n) is 6.61. The Balaban J connectivity index is 2.22. The molecule has 3 rings (SSSR count). The Kier molecular flexibility index (Phi) is 4.00. The van der Waals surface area contributed by atoms with Crippen LogP contribution in [0.15, 0.2) is 30.3 Å². The second-order valence-corrected chi connectivity index (χ2v) is 5.35. The van der Waals surface area contributed by atoms with Crippen LogP contribution in [0.3, 0.4) is 0 Å². The van der Waals surface area contributed by atoms with Gasteiger partial charge in [-0.25, -0.2) is 9.97 Å². The number of ether oxygens (including phenoxy) is 1. The molecule has 7 heteroatoms. The van der Waals surface area contributed by atoms with E-state index in [9.17, 15) is 0 Å². The van der Waals surface area contributed by atoms with Gasteiger partial charge >= 0.3 is 0 Å². The van der Waals surface area contributed by atoms with E-state index in [2.05, 4.69) is 15.0 Å². The average molecular weight is 335 g/mol. The van der Waals surface area contributed by atoms with E-state index in [-0.39, 0.29) is 5.95 Å². The minimum absolute atomic E-state index is 0.145. The fourth-order valence-electron chi connectivity index (χ4n) is 2.09. The lowest BCUT2D eigenvalue weighted by atomic mass is 10.1. The molecule has 3 aromatic rings. The Morgan fingerprint density at radius 1 is 1.09 bits per heavy atom. The normalized spacial score (nSPS) is 10.9. The van der Waals surface area contributed by atoms with Gasteiger partial charge in [0.25, 0.3) is 0 Å². The van der Waals surface area contributed by atoms with E-state index in [1.165, 1.54) is 0 Å². The van der Waals surface area contributed by atoms with Crippen LogP contribution in [0.1, 0.15) is 6.92 Å². The van der Waals surface area contributed by atoms with Gasteiger partial charge in [0.1, 0.15) is 0 Å². The Morgan fingerprint density at radius 2 is 1.91 bits per heavy atom. The smallest absolute Gasteiger partial charge is 0.245 e. The van der Waals surface area contributed by atoms with Gasteiger partial charge in [0.05, 0.1) is 22.8 Å². The predicted octanol–water partition coefficient (Wildman–Crippen LogP) is 3.98. The van der Waals surface area contributed by atoms with Crippen LogP contribution < -0.4 is 10.5 Å². The first-order chi connectivity index (χ1) is 10.6. The Bertz CT molecular complexity index is 854. The van der Waals surface area contributed by atoms with Crippen LogP contribution in [-0.2, 0) is 0 Å². The topological polar surface area (TPSA) is 73.9 Å². The first-order valence-corrected chi connectivity index (χ1v) is 7.36. The van der Waals surface area contributed by atoms with Crippen molar-refractivity contribution >= 4 is 40.2 Å². The number of halogens is 2. The molecular weight excluding hydrogens is 323 g/mol. The maximum atomic E-state index is 6.23. The van der Waals surface area contributed by atoms with Crippen LogP contribution in [0.2, 0.25) is 10.0 Å². The van der Waals surface area contributed by atoms with Crippen LogP contribution in [0.4, 0.5) is 5.95 Å². The molecule has 0 aliphatic carbocycles. The second kappa shape index (κ2) is 5.94. The predicted molar refractivity (Wildman–Crippen MR) is 88.4 cm³/mol. The van der Waals surface area contributed by atoms with Gasteiger partial charge in [0.2, 0.25) is 11.8 Å². The molecule has 0 fully saturated rings. The van der Waals surface area contributed by atoms with Crippen molar-refractivity contribution in [1.82, 2.24) is 15.0 Å². The van der Waals surface area contributed by atoms with E-state index in [1.54, 1.807) is 24.3 Å². The summed E-state index contributed by atoms with van der Waals surface area (Å²) >= 11 is 12.3. The Morgan fingerprint density at radius 3 is 2.68 bits per heavy atom. The zero-order chi connectivity index (χ0) is 15.7. The lowest BCUT2D eigenvalue weighted by molar-refractivity contribution is 0.330. The molecule has 0 atom stereocenters. The summed E-state index contributed by atoms with van der Waals surface area (Å²) in [6, 6.07) is 8.83. The zero-order valence-corrected chi connectivity index (χ0v) is 13.2. The van der Waals surface area contributed by atoms with E-state index in [0.717, 1.165) is 5.56 Å². The number of rotatable bonds is 3. The molecule has 2 heterocycles. The summed E-state index contributed by atoms with van der Waals surface area (Å²) in [7, 11) is 0. The summed E-state index contributed by atoms with van der Waals surface area (Å²) in [6.45, 7) is 2.32. The van der Waals surface area contributed by atoms with Gasteiger partial charge in [-0.15, -0.1) is 0 Å². The number of anilines is 1. The number of nitrogen functional groups attached to an aromatic ring is 1. The maximum absolute atomic E-state index is 6.23. The van der Waals surface area contributed by atoms with Gasteiger partial charge in [0, 0.05) is 10.6 Å². The lowest BCUT2D eigenvalue weighted by Gasteiger charge is -2.09. The molecule has 0 aliphatic heterocycles. The molecule has 0 saturated heterocycles. The molecule has 1 aromatic carbocycles. The van der Waals surface area contributed by atoms with Crippen molar-refractivity contribution in [2.24, 2.45) is 0 Å². The molecule has 0 amide bonds. The van der Waals surface area contributed by atoms with Crippen molar-refractivity contribution in [2.45, 2.75) is 6.92 Å². The lowest BCUT2D eigenvalue weighted by Crippen LogP contribution is -2.03. The monoisotopic (exact) mass is 334 g/mol. The van der Waals surface area contributed by atoms with Crippen molar-refractivity contribution in [2.75, 3.05) is 12.3 Å². The number of benzene rings is 1. The van der Waals surface area contributed by atoms with Gasteiger partial charge in [-0.2, -0.15) is 4.98 Å². The number of hydrogen-bond acceptors (Lipinski definition) is 5. The number of nitrogens with two attached hydrogens (primary N) is 1. The molecule has 0 radical (unpaired) electrons.